The van der Waals surface area contributed by atoms with Crippen molar-refractivity contribution in [3.8, 4) is 0 Å². The van der Waals surface area contributed by atoms with Crippen LogP contribution in [0.4, 0.5) is 0 Å². The molecule has 3 rings (SSSR count). The van der Waals surface area contributed by atoms with E-state index in [4.69, 9.17) is 4.98 Å². The van der Waals surface area contributed by atoms with Crippen LogP contribution in [0.15, 0.2) is 42.5 Å². The second-order valence-corrected chi connectivity index (χ2v) is 6.30. The highest BCUT2D eigenvalue weighted by Crippen LogP contribution is 2.24. The molecule has 25 heavy (non-hydrogen) atoms. The molecule has 0 unspecified atom stereocenters. The molecule has 130 valence electrons. The zero-order valence-electron chi connectivity index (χ0n) is 15.2. The van der Waals surface area contributed by atoms with Crippen LogP contribution >= 0.6 is 0 Å². The number of carbonyl (C=O) groups is 1. The summed E-state index contributed by atoms with van der Waals surface area (Å²) >= 11 is 0. The number of hydrogen-bond acceptors (Lipinski definition) is 3. The van der Waals surface area contributed by atoms with Gasteiger partial charge in [0.1, 0.15) is 0 Å². The van der Waals surface area contributed by atoms with Crippen molar-refractivity contribution >= 4 is 27.7 Å². The van der Waals surface area contributed by atoms with Crippen LogP contribution in [0.5, 0.6) is 0 Å². The zero-order chi connectivity index (χ0) is 17.8. The maximum Gasteiger partial charge on any atom is 0.253 e. The molecule has 1 heterocycles. The molecule has 0 aliphatic heterocycles. The summed E-state index contributed by atoms with van der Waals surface area (Å²) in [6.45, 7) is 9.80. The molecule has 0 fully saturated rings. The molecule has 3 aromatic rings. The smallest absolute Gasteiger partial charge is 0.253 e. The van der Waals surface area contributed by atoms with Crippen LogP contribution in [-0.2, 0) is 0 Å². The standard InChI is InChI=1S/C21H25N3O/c1-4-24(5-2)13-12-22-21(25)18-11-7-10-17-14-16-9-6-8-15(3)19(16)23-20(17)18/h6-11,14H,4-5,12-13H2,1-3H3,(H,22,25). The number of aromatic nitrogens is 1. The highest BCUT2D eigenvalue weighted by Gasteiger charge is 2.12. The van der Waals surface area contributed by atoms with Crippen LogP contribution in [0.1, 0.15) is 29.8 Å². The van der Waals surface area contributed by atoms with Gasteiger partial charge < -0.3 is 10.2 Å². The van der Waals surface area contributed by atoms with E-state index in [1.807, 2.05) is 37.3 Å². The van der Waals surface area contributed by atoms with Gasteiger partial charge >= 0.3 is 0 Å². The van der Waals surface area contributed by atoms with E-state index >= 15 is 0 Å². The predicted octanol–water partition coefficient (Wildman–Crippen LogP) is 3.77. The molecule has 4 nitrogen and oxygen atoms in total. The number of para-hydroxylation sites is 2. The Morgan fingerprint density at radius 3 is 2.44 bits per heavy atom. The van der Waals surface area contributed by atoms with E-state index < -0.39 is 0 Å². The maximum absolute atomic E-state index is 12.7. The quantitative estimate of drug-likeness (QED) is 0.698. The summed E-state index contributed by atoms with van der Waals surface area (Å²) in [5, 5.41) is 5.13. The van der Waals surface area contributed by atoms with Gasteiger partial charge in [-0.1, -0.05) is 44.2 Å². The molecular formula is C21H25N3O. The Bertz CT molecular complexity index is 900. The Labute approximate surface area is 148 Å². The van der Waals surface area contributed by atoms with E-state index in [0.29, 0.717) is 12.1 Å². The molecule has 1 aromatic heterocycles. The first-order valence-electron chi connectivity index (χ1n) is 8.93. The molecule has 2 aromatic carbocycles. The minimum absolute atomic E-state index is 0.0572. The molecule has 0 saturated heterocycles. The molecule has 0 atom stereocenters. The highest BCUT2D eigenvalue weighted by molar-refractivity contribution is 6.07. The van der Waals surface area contributed by atoms with Gasteiger partial charge in [0, 0.05) is 23.9 Å². The first kappa shape index (κ1) is 17.4. The third-order valence-corrected chi connectivity index (χ3v) is 4.72. The first-order chi connectivity index (χ1) is 12.1. The molecule has 0 bridgehead atoms. The van der Waals surface area contributed by atoms with Crippen molar-refractivity contribution < 1.29 is 4.79 Å². The Morgan fingerprint density at radius 2 is 1.72 bits per heavy atom. The Kier molecular flexibility index (Phi) is 5.29. The summed E-state index contributed by atoms with van der Waals surface area (Å²) in [5.41, 5.74) is 3.49. The van der Waals surface area contributed by atoms with Crippen LogP contribution in [0.2, 0.25) is 0 Å². The molecule has 4 heteroatoms. The van der Waals surface area contributed by atoms with Gasteiger partial charge in [0.15, 0.2) is 0 Å². The van der Waals surface area contributed by atoms with Gasteiger partial charge in [-0.25, -0.2) is 4.98 Å². The average molecular weight is 335 g/mol. The van der Waals surface area contributed by atoms with Crippen molar-refractivity contribution in [3.05, 3.63) is 53.6 Å². The van der Waals surface area contributed by atoms with Crippen molar-refractivity contribution in [2.24, 2.45) is 0 Å². The number of nitrogens with one attached hydrogen (secondary N) is 1. The van der Waals surface area contributed by atoms with Crippen LogP contribution in [0.3, 0.4) is 0 Å². The van der Waals surface area contributed by atoms with Gasteiger partial charge in [-0.15, -0.1) is 0 Å². The van der Waals surface area contributed by atoms with E-state index in [0.717, 1.165) is 47.0 Å². The van der Waals surface area contributed by atoms with Crippen LogP contribution in [0, 0.1) is 6.92 Å². The van der Waals surface area contributed by atoms with Crippen molar-refractivity contribution in [3.63, 3.8) is 0 Å². The van der Waals surface area contributed by atoms with E-state index in [2.05, 4.69) is 36.2 Å². The molecular weight excluding hydrogens is 310 g/mol. The largest absolute Gasteiger partial charge is 0.351 e. The van der Waals surface area contributed by atoms with E-state index in [9.17, 15) is 4.79 Å². The summed E-state index contributed by atoms with van der Waals surface area (Å²) in [4.78, 5) is 19.8. The van der Waals surface area contributed by atoms with Gasteiger partial charge in [0.2, 0.25) is 0 Å². The summed E-state index contributed by atoms with van der Waals surface area (Å²) < 4.78 is 0. The number of pyridine rings is 1. The topological polar surface area (TPSA) is 45.2 Å². The van der Waals surface area contributed by atoms with Gasteiger partial charge in [0.25, 0.3) is 5.91 Å². The number of aryl methyl sites for hydroxylation is 1. The van der Waals surface area contributed by atoms with Crippen molar-refractivity contribution in [1.82, 2.24) is 15.2 Å². The molecule has 1 amide bonds. The number of nitrogens with zero attached hydrogens (tertiary/aromatic N) is 2. The number of amides is 1. The predicted molar refractivity (Wildman–Crippen MR) is 104 cm³/mol. The monoisotopic (exact) mass is 335 g/mol. The number of hydrogen-bond donors (Lipinski definition) is 1. The fourth-order valence-corrected chi connectivity index (χ4v) is 3.18. The maximum atomic E-state index is 12.7. The highest BCUT2D eigenvalue weighted by atomic mass is 16.1. The van der Waals surface area contributed by atoms with Crippen molar-refractivity contribution in [1.29, 1.82) is 0 Å². The van der Waals surface area contributed by atoms with E-state index in [1.165, 1.54) is 0 Å². The normalized spacial score (nSPS) is 11.4. The minimum atomic E-state index is -0.0572. The SMILES string of the molecule is CCN(CC)CCNC(=O)c1cccc2cc3cccc(C)c3nc12. The van der Waals surface area contributed by atoms with E-state index in [-0.39, 0.29) is 5.91 Å². The molecule has 0 radical (unpaired) electrons. The lowest BCUT2D eigenvalue weighted by molar-refractivity contribution is 0.0950. The number of fused-ring (bicyclic) bond motifs is 2. The number of rotatable bonds is 6. The van der Waals surface area contributed by atoms with Crippen molar-refractivity contribution in [2.75, 3.05) is 26.2 Å². The minimum Gasteiger partial charge on any atom is -0.351 e. The van der Waals surface area contributed by atoms with Gasteiger partial charge in [0.05, 0.1) is 16.6 Å². The molecule has 0 spiro atoms. The number of likely N-dealkylation sites (N-methyl/N-ethyl adjacent to an activating group) is 1. The Balaban J connectivity index is 1.90. The van der Waals surface area contributed by atoms with Gasteiger partial charge in [-0.2, -0.15) is 0 Å². The summed E-state index contributed by atoms with van der Waals surface area (Å²) in [6, 6.07) is 14.0. The zero-order valence-corrected chi connectivity index (χ0v) is 15.2. The first-order valence-corrected chi connectivity index (χ1v) is 8.93. The summed E-state index contributed by atoms with van der Waals surface area (Å²) in [5.74, 6) is -0.0572. The second-order valence-electron chi connectivity index (χ2n) is 6.30. The summed E-state index contributed by atoms with van der Waals surface area (Å²) in [7, 11) is 0. The Morgan fingerprint density at radius 1 is 1.04 bits per heavy atom. The molecule has 1 N–H and O–H groups in total. The second kappa shape index (κ2) is 7.62. The van der Waals surface area contributed by atoms with Gasteiger partial charge in [-0.05, 0) is 37.7 Å². The third kappa shape index (κ3) is 3.64. The average Bonchev–Trinajstić information content (AvgIpc) is 2.63. The number of carbonyl (C=O) groups excluding carboxylic acids is 1. The molecule has 0 aliphatic rings. The van der Waals surface area contributed by atoms with Crippen LogP contribution in [0.25, 0.3) is 21.8 Å². The lowest BCUT2D eigenvalue weighted by Gasteiger charge is -2.18. The van der Waals surface area contributed by atoms with Crippen molar-refractivity contribution in [2.45, 2.75) is 20.8 Å². The fourth-order valence-electron chi connectivity index (χ4n) is 3.18. The molecule has 0 aliphatic carbocycles. The van der Waals surface area contributed by atoms with E-state index in [1.54, 1.807) is 0 Å². The van der Waals surface area contributed by atoms with Crippen LogP contribution < -0.4 is 5.32 Å². The lowest BCUT2D eigenvalue weighted by Crippen LogP contribution is -2.34. The van der Waals surface area contributed by atoms with Crippen LogP contribution in [-0.4, -0.2) is 42.0 Å². The molecule has 0 saturated carbocycles. The van der Waals surface area contributed by atoms with Gasteiger partial charge in [-0.3, -0.25) is 4.79 Å². The third-order valence-electron chi connectivity index (χ3n) is 4.72. The lowest BCUT2D eigenvalue weighted by atomic mass is 10.0. The fraction of sp³-hybridized carbons (Fsp3) is 0.333. The number of benzene rings is 2. The Hall–Kier alpha value is -2.46. The summed E-state index contributed by atoms with van der Waals surface area (Å²) in [6.07, 6.45) is 0.